The lowest BCUT2D eigenvalue weighted by atomic mass is 10.0. The average molecular weight is 601 g/mol. The van der Waals surface area contributed by atoms with Gasteiger partial charge in [0.05, 0.1) is 6.61 Å². The van der Waals surface area contributed by atoms with Crippen LogP contribution in [0.1, 0.15) is 119 Å². The molecule has 0 saturated carbocycles. The molecule has 0 fully saturated rings. The van der Waals surface area contributed by atoms with Gasteiger partial charge in [0.25, 0.3) is 0 Å². The quantitative estimate of drug-likeness (QED) is 0.0550. The number of hydrogen-bond acceptors (Lipinski definition) is 6. The average Bonchev–Trinajstić information content (AvgIpc) is 2.94. The van der Waals surface area contributed by atoms with Gasteiger partial charge in [-0.15, -0.1) is 19.1 Å². The molecule has 41 heavy (non-hydrogen) atoms. The van der Waals surface area contributed by atoms with Crippen LogP contribution in [0.2, 0.25) is 0 Å². The first-order valence-electron chi connectivity index (χ1n) is 14.0. The molecule has 1 N–H and O–H groups in total. The molecule has 7 heteroatoms. The Bertz CT molecular complexity index is 1140. The summed E-state index contributed by atoms with van der Waals surface area (Å²) in [5.74, 6) is 24.4. The molecule has 0 saturated heterocycles. The van der Waals surface area contributed by atoms with E-state index in [1.165, 1.54) is 71.1 Å². The minimum Gasteiger partial charge on any atom is -0.456 e. The molecule has 0 amide bonds. The predicted octanol–water partition coefficient (Wildman–Crippen LogP) is 7.73. The van der Waals surface area contributed by atoms with E-state index in [1.54, 1.807) is 0 Å². The molecule has 1 atom stereocenters. The Balaban J connectivity index is -0.0000000873. The van der Waals surface area contributed by atoms with Crippen LogP contribution in [0.4, 0.5) is 0 Å². The van der Waals surface area contributed by atoms with Crippen LogP contribution in [0.5, 0.6) is 0 Å². The minimum atomic E-state index is -0.923. The molecule has 0 aromatic carbocycles. The molecule has 0 unspecified atom stereocenters. The summed E-state index contributed by atoms with van der Waals surface area (Å²) in [6, 6.07) is 0. The van der Waals surface area contributed by atoms with Gasteiger partial charge < -0.3 is 14.6 Å². The molecule has 0 aliphatic carbocycles. The number of aliphatic hydroxyl groups excluding tert-OH is 1. The van der Waals surface area contributed by atoms with E-state index in [4.69, 9.17) is 15.9 Å². The van der Waals surface area contributed by atoms with Crippen molar-refractivity contribution < 1.29 is 44.7 Å². The normalized spacial score (nSPS) is 9.24. The summed E-state index contributed by atoms with van der Waals surface area (Å²) >= 11 is 3.33. The van der Waals surface area contributed by atoms with Crippen molar-refractivity contribution in [2.75, 3.05) is 13.2 Å². The fraction of sp³-hybridized carbons (Fsp3) is 0.559. The first-order valence-corrected chi connectivity index (χ1v) is 14.4. The van der Waals surface area contributed by atoms with Crippen molar-refractivity contribution in [2.24, 2.45) is 0 Å². The lowest BCUT2D eigenvalue weighted by Crippen LogP contribution is -2.28. The van der Waals surface area contributed by atoms with Gasteiger partial charge in [-0.1, -0.05) is 84.0 Å². The van der Waals surface area contributed by atoms with Crippen molar-refractivity contribution in [2.45, 2.75) is 110 Å². The molecule has 0 rings (SSSR count). The number of aliphatic hydroxyl groups is 1. The maximum atomic E-state index is 12.0. The Labute approximate surface area is 269 Å². The van der Waals surface area contributed by atoms with Gasteiger partial charge in [0.1, 0.15) is 6.61 Å². The summed E-state index contributed by atoms with van der Waals surface area (Å²) in [7, 11) is 0. The van der Waals surface area contributed by atoms with Gasteiger partial charge in [-0.05, 0) is 65.6 Å². The maximum Gasteiger partial charge on any atom is 0.385 e. The molecule has 242 valence electrons. The van der Waals surface area contributed by atoms with Crippen molar-refractivity contribution >= 4 is 29.7 Å². The summed E-state index contributed by atoms with van der Waals surface area (Å²) in [4.78, 5) is 32.9. The minimum absolute atomic E-state index is 0. The van der Waals surface area contributed by atoms with Crippen LogP contribution in [0, 0.1) is 71.5 Å². The van der Waals surface area contributed by atoms with Crippen molar-refractivity contribution in [3.05, 3.63) is 0 Å². The molecule has 6 nitrogen and oxygen atoms in total. The highest BCUT2D eigenvalue weighted by atomic mass is 32.1. The van der Waals surface area contributed by atoms with Crippen LogP contribution < -0.4 is 0 Å². The molecular formula is C34H64O6S. The summed E-state index contributed by atoms with van der Waals surface area (Å²) in [6.45, 7) is 2.90. The van der Waals surface area contributed by atoms with E-state index >= 15 is 0 Å². The number of esters is 2. The number of thiol groups is 1. The van der Waals surface area contributed by atoms with E-state index in [-0.39, 0.29) is 33.8 Å². The summed E-state index contributed by atoms with van der Waals surface area (Å²) in [5.41, 5.74) is 0. The Morgan fingerprint density at radius 3 is 1.61 bits per heavy atom. The third-order valence-corrected chi connectivity index (χ3v) is 5.12. The first-order chi connectivity index (χ1) is 19.9. The Morgan fingerprint density at radius 1 is 0.756 bits per heavy atom. The molecule has 0 aliphatic heterocycles. The summed E-state index contributed by atoms with van der Waals surface area (Å²) in [6.07, 6.45) is 20.2. The number of unbranched alkanes of at least 4 members (excludes halogenated alkanes) is 12. The highest BCUT2D eigenvalue weighted by Crippen LogP contribution is 2.13. The first kappa shape index (κ1) is 39.4. The Morgan fingerprint density at radius 2 is 1.17 bits per heavy atom. The van der Waals surface area contributed by atoms with Gasteiger partial charge in [0.2, 0.25) is 0 Å². The molecule has 0 aliphatic rings. The van der Waals surface area contributed by atoms with E-state index in [0.29, 0.717) is 0 Å². The van der Waals surface area contributed by atoms with Gasteiger partial charge >= 0.3 is 11.9 Å². The zero-order valence-corrected chi connectivity index (χ0v) is 25.3. The topological polar surface area (TPSA) is 89.9 Å². The van der Waals surface area contributed by atoms with Crippen LogP contribution in [-0.4, -0.2) is 41.5 Å². The monoisotopic (exact) mass is 600 g/mol. The summed E-state index contributed by atoms with van der Waals surface area (Å²) < 4.78 is 10.1. The van der Waals surface area contributed by atoms with Crippen LogP contribution in [-0.2, 0) is 23.9 Å². The predicted molar refractivity (Wildman–Crippen MR) is 189 cm³/mol. The van der Waals surface area contributed by atoms with Gasteiger partial charge in [-0.25, -0.2) is 4.79 Å². The maximum absolute atomic E-state index is 12.0. The van der Waals surface area contributed by atoms with Crippen molar-refractivity contribution in [3.63, 3.8) is 0 Å². The zero-order chi connectivity index (χ0) is 30.8. The van der Waals surface area contributed by atoms with E-state index in [9.17, 15) is 19.5 Å². The van der Waals surface area contributed by atoms with Crippen LogP contribution in [0.15, 0.2) is 0 Å². The van der Waals surface area contributed by atoms with Crippen molar-refractivity contribution in [1.29, 1.82) is 0 Å². The fourth-order valence-corrected chi connectivity index (χ4v) is 3.20. The van der Waals surface area contributed by atoms with E-state index < -0.39 is 24.6 Å². The standard InChI is InChI=1S/C32H38O5.C2H4OS.11H2/c1-3-5-7-9-11-13-15-16-17-19-21-23-25-27-32(35)37-30(28-33)29-36-31(34)26-24-22-20-18-14-12-10-8-6-4-2;1-2(3)4;;;;;;;;;;;/h2,30,33H,3,5,7,9,11,13,15-17,19,21,23,25,27-29H2,1H3;1H3,(H,3,4);11*1H/t30-;;;;;;;;;;;;/m0............/s1. The van der Waals surface area contributed by atoms with E-state index in [1.807, 2.05) is 0 Å². The van der Waals surface area contributed by atoms with Crippen LogP contribution in [0.3, 0.4) is 0 Å². The number of carbonyl (C=O) groups is 3. The molecule has 0 heterocycles. The number of carbonyl (C=O) groups excluding carboxylic acids is 3. The molecular weight excluding hydrogens is 536 g/mol. The Hall–Kier alpha value is -3.72. The number of rotatable bonds is 18. The highest BCUT2D eigenvalue weighted by molar-refractivity contribution is 7.96. The third kappa shape index (κ3) is 36.3. The van der Waals surface area contributed by atoms with Crippen molar-refractivity contribution in [3.8, 4) is 71.5 Å². The number of ether oxygens (including phenoxy) is 2. The molecule has 0 radical (unpaired) electrons. The molecule has 0 bridgehead atoms. The number of hydrogen-bond donors (Lipinski definition) is 2. The number of terminal acetylenes is 1. The second-order valence-corrected chi connectivity index (χ2v) is 9.43. The smallest absolute Gasteiger partial charge is 0.385 e. The van der Waals surface area contributed by atoms with Gasteiger partial charge in [0, 0.05) is 35.0 Å². The fourth-order valence-electron chi connectivity index (χ4n) is 3.20. The second-order valence-electron chi connectivity index (χ2n) is 8.80. The van der Waals surface area contributed by atoms with E-state index in [0.717, 1.165) is 19.3 Å². The zero-order valence-electron chi connectivity index (χ0n) is 24.4. The second kappa shape index (κ2) is 32.5. The molecule has 0 aromatic rings. The third-order valence-electron chi connectivity index (χ3n) is 5.12. The SMILES string of the molecule is C#CC#CC#CC#CC#CC#CC(=O)OC[C@H](CO)OC(=O)CCCCCCCCCCCCCCC.CC(=O)S.[HH].[HH].[HH].[HH].[HH].[HH].[HH].[HH].[HH].[HH].[HH]. The Kier molecular flexibility index (Phi) is 31.2. The van der Waals surface area contributed by atoms with Gasteiger partial charge in [0.15, 0.2) is 11.2 Å². The molecule has 0 spiro atoms. The summed E-state index contributed by atoms with van der Waals surface area (Å²) in [5, 5.41) is 9.23. The lowest BCUT2D eigenvalue weighted by Gasteiger charge is -2.14. The van der Waals surface area contributed by atoms with Gasteiger partial charge in [-0.3, -0.25) is 9.59 Å². The van der Waals surface area contributed by atoms with Crippen molar-refractivity contribution in [1.82, 2.24) is 0 Å². The lowest BCUT2D eigenvalue weighted by molar-refractivity contribution is -0.159. The van der Waals surface area contributed by atoms with E-state index in [2.05, 4.69) is 84.7 Å². The largest absolute Gasteiger partial charge is 0.456 e. The van der Waals surface area contributed by atoms with Crippen LogP contribution >= 0.6 is 12.6 Å². The molecule has 0 aromatic heterocycles. The highest BCUT2D eigenvalue weighted by Gasteiger charge is 2.15. The van der Waals surface area contributed by atoms with Crippen LogP contribution in [0.25, 0.3) is 0 Å². The van der Waals surface area contributed by atoms with Gasteiger partial charge in [-0.2, -0.15) is 0 Å².